The molecule has 1 aromatic rings. The predicted molar refractivity (Wildman–Crippen MR) is 45.8 cm³/mol. The number of alkyl halides is 3. The summed E-state index contributed by atoms with van der Waals surface area (Å²) in [5, 5.41) is 0. The second-order valence-corrected chi connectivity index (χ2v) is 2.67. The predicted octanol–water partition coefficient (Wildman–Crippen LogP) is 2.80. The van der Waals surface area contributed by atoms with Crippen LogP contribution >= 0.6 is 0 Å². The molecule has 1 rings (SSSR count). The largest absolute Gasteiger partial charge is 0.479 e. The molecule has 0 amide bonds. The molecule has 0 unspecified atom stereocenters. The van der Waals surface area contributed by atoms with E-state index in [-0.39, 0.29) is 0 Å². The number of aromatic nitrogens is 1. The lowest BCUT2D eigenvalue weighted by Gasteiger charge is -2.09. The molecular formula is C9H7F4NO. The van der Waals surface area contributed by atoms with Crippen molar-refractivity contribution in [3.8, 4) is 5.75 Å². The average molecular weight is 221 g/mol. The minimum atomic E-state index is -4.50. The Morgan fingerprint density at radius 1 is 1.47 bits per heavy atom. The second-order valence-electron chi connectivity index (χ2n) is 2.67. The first kappa shape index (κ1) is 11.5. The monoisotopic (exact) mass is 221 g/mol. The zero-order valence-corrected chi connectivity index (χ0v) is 7.51. The van der Waals surface area contributed by atoms with Crippen LogP contribution in [0.5, 0.6) is 5.75 Å². The van der Waals surface area contributed by atoms with Crippen LogP contribution in [0.2, 0.25) is 0 Å². The van der Waals surface area contributed by atoms with E-state index in [2.05, 4.69) is 16.3 Å². The third-order valence-corrected chi connectivity index (χ3v) is 1.46. The van der Waals surface area contributed by atoms with Gasteiger partial charge in [0.15, 0.2) is 12.4 Å². The first-order valence-electron chi connectivity index (χ1n) is 3.90. The van der Waals surface area contributed by atoms with Crippen molar-refractivity contribution in [1.29, 1.82) is 0 Å². The fourth-order valence-corrected chi connectivity index (χ4v) is 0.815. The van der Waals surface area contributed by atoms with Gasteiger partial charge in [0.2, 0.25) is 0 Å². The quantitative estimate of drug-likeness (QED) is 0.578. The van der Waals surface area contributed by atoms with Crippen LogP contribution in [0.1, 0.15) is 5.56 Å². The van der Waals surface area contributed by atoms with Gasteiger partial charge >= 0.3 is 6.18 Å². The SMILES string of the molecule is C=Cc1cnc(F)c(OCC(F)(F)F)c1. The van der Waals surface area contributed by atoms with E-state index >= 15 is 0 Å². The molecule has 0 atom stereocenters. The van der Waals surface area contributed by atoms with Gasteiger partial charge < -0.3 is 4.74 Å². The summed E-state index contributed by atoms with van der Waals surface area (Å²) in [6.45, 7) is 1.82. The summed E-state index contributed by atoms with van der Waals surface area (Å²) in [4.78, 5) is 3.22. The molecule has 0 aliphatic heterocycles. The highest BCUT2D eigenvalue weighted by atomic mass is 19.4. The van der Waals surface area contributed by atoms with Gasteiger partial charge in [-0.2, -0.15) is 17.6 Å². The second kappa shape index (κ2) is 4.29. The Bertz CT molecular complexity index is 362. The van der Waals surface area contributed by atoms with Crippen molar-refractivity contribution in [2.24, 2.45) is 0 Å². The highest BCUT2D eigenvalue weighted by Gasteiger charge is 2.29. The minimum absolute atomic E-state index is 0.383. The Labute approximate surface area is 83.2 Å². The van der Waals surface area contributed by atoms with Gasteiger partial charge in [-0.25, -0.2) is 4.98 Å². The first-order chi connectivity index (χ1) is 6.92. The highest BCUT2D eigenvalue weighted by Crippen LogP contribution is 2.21. The lowest BCUT2D eigenvalue weighted by atomic mass is 10.3. The molecule has 2 nitrogen and oxygen atoms in total. The molecule has 0 saturated carbocycles. The van der Waals surface area contributed by atoms with Crippen molar-refractivity contribution in [1.82, 2.24) is 4.98 Å². The first-order valence-corrected chi connectivity index (χ1v) is 3.90. The van der Waals surface area contributed by atoms with Crippen molar-refractivity contribution < 1.29 is 22.3 Å². The van der Waals surface area contributed by atoms with E-state index in [0.29, 0.717) is 5.56 Å². The van der Waals surface area contributed by atoms with Crippen LogP contribution in [0.15, 0.2) is 18.8 Å². The fraction of sp³-hybridized carbons (Fsp3) is 0.222. The number of nitrogens with zero attached hydrogens (tertiary/aromatic N) is 1. The maximum Gasteiger partial charge on any atom is 0.422 e. The van der Waals surface area contributed by atoms with Crippen LogP contribution in [0.3, 0.4) is 0 Å². The maximum absolute atomic E-state index is 12.8. The van der Waals surface area contributed by atoms with Gasteiger partial charge in [0, 0.05) is 6.20 Å². The average Bonchev–Trinajstić information content (AvgIpc) is 2.15. The summed E-state index contributed by atoms with van der Waals surface area (Å²) < 4.78 is 52.4. The van der Waals surface area contributed by atoms with Gasteiger partial charge in [0.1, 0.15) is 0 Å². The topological polar surface area (TPSA) is 22.1 Å². The zero-order chi connectivity index (χ0) is 11.5. The molecule has 1 aromatic heterocycles. The number of rotatable bonds is 3. The molecule has 0 saturated heterocycles. The Hall–Kier alpha value is -1.59. The molecule has 1 heterocycles. The van der Waals surface area contributed by atoms with Crippen molar-refractivity contribution in [3.05, 3.63) is 30.4 Å². The molecule has 82 valence electrons. The van der Waals surface area contributed by atoms with Crippen LogP contribution in [0.25, 0.3) is 6.08 Å². The van der Waals surface area contributed by atoms with E-state index in [9.17, 15) is 17.6 Å². The lowest BCUT2D eigenvalue weighted by molar-refractivity contribution is -0.153. The highest BCUT2D eigenvalue weighted by molar-refractivity contribution is 5.47. The van der Waals surface area contributed by atoms with Crippen molar-refractivity contribution in [2.45, 2.75) is 6.18 Å². The maximum atomic E-state index is 12.8. The van der Waals surface area contributed by atoms with Gasteiger partial charge in [-0.3, -0.25) is 0 Å². The van der Waals surface area contributed by atoms with Crippen molar-refractivity contribution >= 4 is 6.08 Å². The fourth-order valence-electron chi connectivity index (χ4n) is 0.815. The van der Waals surface area contributed by atoms with E-state index in [1.807, 2.05) is 0 Å². The van der Waals surface area contributed by atoms with Crippen LogP contribution in [-0.4, -0.2) is 17.8 Å². The third kappa shape index (κ3) is 3.57. The van der Waals surface area contributed by atoms with Gasteiger partial charge in [-0.05, 0) is 11.6 Å². The Morgan fingerprint density at radius 3 is 2.67 bits per heavy atom. The summed E-state index contributed by atoms with van der Waals surface area (Å²) in [5.74, 6) is -1.62. The molecule has 0 fully saturated rings. The molecule has 0 aromatic carbocycles. The molecule has 15 heavy (non-hydrogen) atoms. The van der Waals surface area contributed by atoms with Crippen LogP contribution in [-0.2, 0) is 0 Å². The number of hydrogen-bond acceptors (Lipinski definition) is 2. The molecule has 0 spiro atoms. The Morgan fingerprint density at radius 2 is 2.13 bits per heavy atom. The van der Waals surface area contributed by atoms with Gasteiger partial charge in [0.05, 0.1) is 0 Å². The van der Waals surface area contributed by atoms with Crippen LogP contribution in [0, 0.1) is 5.95 Å². The molecule has 0 aliphatic carbocycles. The minimum Gasteiger partial charge on any atom is -0.479 e. The lowest BCUT2D eigenvalue weighted by Crippen LogP contribution is -2.19. The third-order valence-electron chi connectivity index (χ3n) is 1.46. The smallest absolute Gasteiger partial charge is 0.422 e. The Balaban J connectivity index is 2.80. The summed E-state index contributed by atoms with van der Waals surface area (Å²) in [7, 11) is 0. The van der Waals surface area contributed by atoms with Gasteiger partial charge in [-0.1, -0.05) is 12.7 Å². The van der Waals surface area contributed by atoms with E-state index in [0.717, 1.165) is 12.3 Å². The number of hydrogen-bond donors (Lipinski definition) is 0. The van der Waals surface area contributed by atoms with E-state index < -0.39 is 24.5 Å². The van der Waals surface area contributed by atoms with E-state index in [1.54, 1.807) is 0 Å². The van der Waals surface area contributed by atoms with Crippen LogP contribution < -0.4 is 4.74 Å². The van der Waals surface area contributed by atoms with E-state index in [4.69, 9.17) is 0 Å². The number of pyridine rings is 1. The van der Waals surface area contributed by atoms with Crippen molar-refractivity contribution in [3.63, 3.8) is 0 Å². The van der Waals surface area contributed by atoms with E-state index in [1.165, 1.54) is 6.08 Å². The van der Waals surface area contributed by atoms with Gasteiger partial charge in [0.25, 0.3) is 5.95 Å². The molecule has 6 heteroatoms. The molecule has 0 radical (unpaired) electrons. The molecule has 0 aliphatic rings. The normalized spacial score (nSPS) is 11.2. The zero-order valence-electron chi connectivity index (χ0n) is 7.51. The summed E-state index contributed by atoms with van der Waals surface area (Å²) >= 11 is 0. The molecule has 0 bridgehead atoms. The molecular weight excluding hydrogens is 214 g/mol. The van der Waals surface area contributed by atoms with Crippen LogP contribution in [0.4, 0.5) is 17.6 Å². The standard InChI is InChI=1S/C9H7F4NO/c1-2-6-3-7(8(10)14-4-6)15-5-9(11,12)13/h2-4H,1,5H2. The number of halogens is 4. The molecule has 0 N–H and O–H groups in total. The summed E-state index contributed by atoms with van der Waals surface area (Å²) in [6, 6.07) is 1.10. The summed E-state index contributed by atoms with van der Waals surface area (Å²) in [6.07, 6.45) is -2.04. The van der Waals surface area contributed by atoms with Gasteiger partial charge in [-0.15, -0.1) is 0 Å². The van der Waals surface area contributed by atoms with Crippen molar-refractivity contribution in [2.75, 3.05) is 6.61 Å². The Kier molecular flexibility index (Phi) is 3.28. The number of ether oxygens (including phenoxy) is 1. The summed E-state index contributed by atoms with van der Waals surface area (Å²) in [5.41, 5.74) is 0.383.